The lowest BCUT2D eigenvalue weighted by Gasteiger charge is -2.36. The number of likely N-dealkylation sites (tertiary alicyclic amines) is 1. The summed E-state index contributed by atoms with van der Waals surface area (Å²) in [6, 6.07) is 10.1. The number of fused-ring (bicyclic) bond motifs is 1. The molecular formula is C24H26N2O3S2. The van der Waals surface area contributed by atoms with E-state index in [0.717, 1.165) is 34.5 Å². The minimum Gasteiger partial charge on any atom is -0.454 e. The molecule has 3 aromatic rings. The van der Waals surface area contributed by atoms with Crippen molar-refractivity contribution in [2.45, 2.75) is 39.2 Å². The van der Waals surface area contributed by atoms with Crippen molar-refractivity contribution in [3.8, 4) is 11.5 Å². The second kappa shape index (κ2) is 8.65. The largest absolute Gasteiger partial charge is 0.454 e. The summed E-state index contributed by atoms with van der Waals surface area (Å²) in [6.07, 6.45) is 3.66. The molecule has 1 N–H and O–H groups in total. The maximum Gasteiger partial charge on any atom is 0.266 e. The van der Waals surface area contributed by atoms with Crippen molar-refractivity contribution in [3.63, 3.8) is 0 Å². The number of hydrogen-bond donors (Lipinski definition) is 1. The van der Waals surface area contributed by atoms with Crippen molar-refractivity contribution in [1.82, 2.24) is 4.90 Å². The van der Waals surface area contributed by atoms with E-state index in [-0.39, 0.29) is 18.7 Å². The van der Waals surface area contributed by atoms with E-state index >= 15 is 0 Å². The molecule has 2 aliphatic heterocycles. The third kappa shape index (κ3) is 3.97. The Balaban J connectivity index is 1.58. The van der Waals surface area contributed by atoms with Crippen LogP contribution in [0, 0.1) is 13.8 Å². The van der Waals surface area contributed by atoms with E-state index in [2.05, 4.69) is 36.2 Å². The molecular weight excluding hydrogens is 428 g/mol. The predicted molar refractivity (Wildman–Crippen MR) is 126 cm³/mol. The standard InChI is InChI=1S/C24H26N2O3S2/c1-15-16(2)31-24(25-23(27)20-7-6-12-30-20)21(15)22(26-10-4-3-5-11-26)17-8-9-18-19(13-17)29-14-28-18/h6-9,12-13,22H,3-5,10-11,14H2,1-2H3,(H,25,27)/t22-/m1/s1. The van der Waals surface area contributed by atoms with Crippen LogP contribution in [0.1, 0.15) is 56.5 Å². The molecule has 5 rings (SSSR count). The van der Waals surface area contributed by atoms with E-state index < -0.39 is 0 Å². The monoisotopic (exact) mass is 454 g/mol. The van der Waals surface area contributed by atoms with Crippen LogP contribution in [0.3, 0.4) is 0 Å². The van der Waals surface area contributed by atoms with Gasteiger partial charge in [0.05, 0.1) is 10.9 Å². The minimum absolute atomic E-state index is 0.0411. The maximum atomic E-state index is 12.9. The smallest absolute Gasteiger partial charge is 0.266 e. The number of carbonyl (C=O) groups excluding carboxylic acids is 1. The van der Waals surface area contributed by atoms with Crippen LogP contribution < -0.4 is 14.8 Å². The van der Waals surface area contributed by atoms with Crippen molar-refractivity contribution in [1.29, 1.82) is 0 Å². The summed E-state index contributed by atoms with van der Waals surface area (Å²) in [7, 11) is 0. The number of hydrogen-bond acceptors (Lipinski definition) is 6. The number of aryl methyl sites for hydroxylation is 1. The van der Waals surface area contributed by atoms with Crippen LogP contribution in [0.4, 0.5) is 5.00 Å². The van der Waals surface area contributed by atoms with Gasteiger partial charge >= 0.3 is 0 Å². The summed E-state index contributed by atoms with van der Waals surface area (Å²) in [5.74, 6) is 1.56. The Morgan fingerprint density at radius 1 is 1.10 bits per heavy atom. The van der Waals surface area contributed by atoms with Crippen molar-refractivity contribution in [3.05, 3.63) is 62.2 Å². The summed E-state index contributed by atoms with van der Waals surface area (Å²) in [5, 5.41) is 6.10. The minimum atomic E-state index is -0.0411. The molecule has 162 valence electrons. The highest BCUT2D eigenvalue weighted by molar-refractivity contribution is 7.17. The number of thiophene rings is 2. The molecule has 2 aliphatic rings. The van der Waals surface area contributed by atoms with Crippen LogP contribution in [-0.2, 0) is 0 Å². The lowest BCUT2D eigenvalue weighted by molar-refractivity contribution is 0.103. The Bertz CT molecular complexity index is 1080. The van der Waals surface area contributed by atoms with Gasteiger partial charge < -0.3 is 14.8 Å². The molecule has 2 aromatic heterocycles. The molecule has 7 heteroatoms. The van der Waals surface area contributed by atoms with Gasteiger partial charge in [-0.2, -0.15) is 0 Å². The zero-order valence-corrected chi connectivity index (χ0v) is 19.4. The second-order valence-corrected chi connectivity index (χ2v) is 10.2. The number of rotatable bonds is 5. The second-order valence-electron chi connectivity index (χ2n) is 8.07. The van der Waals surface area contributed by atoms with E-state index in [1.807, 2.05) is 23.6 Å². The van der Waals surface area contributed by atoms with E-state index in [0.29, 0.717) is 0 Å². The summed E-state index contributed by atoms with van der Waals surface area (Å²) in [6.45, 7) is 6.67. The van der Waals surface area contributed by atoms with E-state index in [9.17, 15) is 4.79 Å². The van der Waals surface area contributed by atoms with Gasteiger partial charge in [0.15, 0.2) is 11.5 Å². The first-order valence-electron chi connectivity index (χ1n) is 10.7. The van der Waals surface area contributed by atoms with Gasteiger partial charge in [-0.1, -0.05) is 18.6 Å². The molecule has 0 radical (unpaired) electrons. The molecule has 0 spiro atoms. The molecule has 1 saturated heterocycles. The average Bonchev–Trinajstić information content (AvgIpc) is 3.52. The summed E-state index contributed by atoms with van der Waals surface area (Å²) in [5.41, 5.74) is 3.63. The number of piperidine rings is 1. The van der Waals surface area contributed by atoms with Crippen LogP contribution in [-0.4, -0.2) is 30.7 Å². The highest BCUT2D eigenvalue weighted by atomic mass is 32.1. The van der Waals surface area contributed by atoms with Gasteiger partial charge in [-0.25, -0.2) is 0 Å². The number of benzene rings is 1. The van der Waals surface area contributed by atoms with Gasteiger partial charge in [-0.05, 0) is 74.5 Å². The molecule has 1 amide bonds. The number of anilines is 1. The lowest BCUT2D eigenvalue weighted by atomic mass is 9.93. The molecule has 5 nitrogen and oxygen atoms in total. The molecule has 0 saturated carbocycles. The summed E-state index contributed by atoms with van der Waals surface area (Å²) >= 11 is 3.13. The van der Waals surface area contributed by atoms with Crippen molar-refractivity contribution in [2.75, 3.05) is 25.2 Å². The predicted octanol–water partition coefficient (Wildman–Crippen LogP) is 5.98. The van der Waals surface area contributed by atoms with Crippen molar-refractivity contribution >= 4 is 33.6 Å². The zero-order valence-electron chi connectivity index (χ0n) is 17.8. The Labute approximate surface area is 190 Å². The van der Waals surface area contributed by atoms with Gasteiger partial charge in [-0.3, -0.25) is 9.69 Å². The van der Waals surface area contributed by atoms with Crippen LogP contribution in [0.15, 0.2) is 35.7 Å². The van der Waals surface area contributed by atoms with Gasteiger partial charge in [0.25, 0.3) is 5.91 Å². The fraction of sp³-hybridized carbons (Fsp3) is 0.375. The first-order valence-corrected chi connectivity index (χ1v) is 12.4. The Hall–Kier alpha value is -2.35. The lowest BCUT2D eigenvalue weighted by Crippen LogP contribution is -2.35. The highest BCUT2D eigenvalue weighted by Crippen LogP contribution is 2.45. The number of nitrogens with zero attached hydrogens (tertiary/aromatic N) is 1. The first kappa shape index (κ1) is 20.5. The van der Waals surface area contributed by atoms with Crippen LogP contribution in [0.25, 0.3) is 0 Å². The van der Waals surface area contributed by atoms with Gasteiger partial charge in [0, 0.05) is 10.4 Å². The first-order chi connectivity index (χ1) is 15.1. The quantitative estimate of drug-likeness (QED) is 0.515. The Morgan fingerprint density at radius 2 is 1.90 bits per heavy atom. The Kier molecular flexibility index (Phi) is 5.73. The average molecular weight is 455 g/mol. The molecule has 31 heavy (non-hydrogen) atoms. The number of amides is 1. The normalized spacial score (nSPS) is 17.0. The summed E-state index contributed by atoms with van der Waals surface area (Å²) in [4.78, 5) is 17.4. The van der Waals surface area contributed by atoms with Gasteiger partial charge in [0.2, 0.25) is 6.79 Å². The SMILES string of the molecule is Cc1sc(NC(=O)c2cccs2)c([C@@H](c2ccc3c(c2)OCO3)N2CCCCC2)c1C. The molecule has 1 aromatic carbocycles. The molecule has 0 aliphatic carbocycles. The third-order valence-electron chi connectivity index (χ3n) is 6.15. The number of ether oxygens (including phenoxy) is 2. The Morgan fingerprint density at radius 3 is 2.68 bits per heavy atom. The van der Waals surface area contributed by atoms with Gasteiger partial charge in [-0.15, -0.1) is 22.7 Å². The zero-order chi connectivity index (χ0) is 21.4. The molecule has 0 bridgehead atoms. The maximum absolute atomic E-state index is 12.9. The fourth-order valence-corrected chi connectivity index (χ4v) is 6.17. The topological polar surface area (TPSA) is 50.8 Å². The van der Waals surface area contributed by atoms with Gasteiger partial charge in [0.1, 0.15) is 5.00 Å². The summed E-state index contributed by atoms with van der Waals surface area (Å²) < 4.78 is 11.2. The van der Waals surface area contributed by atoms with Crippen LogP contribution >= 0.6 is 22.7 Å². The van der Waals surface area contributed by atoms with Crippen molar-refractivity contribution < 1.29 is 14.3 Å². The van der Waals surface area contributed by atoms with Crippen LogP contribution in [0.2, 0.25) is 0 Å². The highest BCUT2D eigenvalue weighted by Gasteiger charge is 2.31. The van der Waals surface area contributed by atoms with E-state index in [1.54, 1.807) is 11.3 Å². The third-order valence-corrected chi connectivity index (χ3v) is 8.15. The van der Waals surface area contributed by atoms with Crippen molar-refractivity contribution in [2.24, 2.45) is 0 Å². The number of carbonyl (C=O) groups is 1. The fourth-order valence-electron chi connectivity index (χ4n) is 4.46. The molecule has 0 unspecified atom stereocenters. The molecule has 4 heterocycles. The van der Waals surface area contributed by atoms with E-state index in [1.165, 1.54) is 52.2 Å². The number of nitrogens with one attached hydrogen (secondary N) is 1. The van der Waals surface area contributed by atoms with E-state index in [4.69, 9.17) is 9.47 Å². The molecule has 1 atom stereocenters. The molecule has 1 fully saturated rings. The van der Waals surface area contributed by atoms with Crippen LogP contribution in [0.5, 0.6) is 11.5 Å².